The Balaban J connectivity index is 1.59. The molecule has 4 N–H and O–H groups in total. The molecule has 128 valence electrons. The molecule has 0 aromatic carbocycles. The summed E-state index contributed by atoms with van der Waals surface area (Å²) in [4.78, 5) is 2.15. The van der Waals surface area contributed by atoms with Crippen LogP contribution in [0.25, 0.3) is 0 Å². The number of hydrogen-bond acceptors (Lipinski definition) is 6. The van der Waals surface area contributed by atoms with Crippen LogP contribution >= 0.6 is 0 Å². The van der Waals surface area contributed by atoms with Crippen molar-refractivity contribution in [3.63, 3.8) is 0 Å². The van der Waals surface area contributed by atoms with Gasteiger partial charge in [0, 0.05) is 0 Å². The molecule has 0 radical (unpaired) electrons. The highest BCUT2D eigenvalue weighted by molar-refractivity contribution is 7.92. The standard InChI is InChI=1S/C12H22N2O6S2/c15-11-7-21(17,18)5-9(11)13-1-2-14(4-3-13)10-6-22(19,20)8-12(10)16/h9-12,15-16H,1-8H2/p+2. The van der Waals surface area contributed by atoms with Crippen molar-refractivity contribution < 1.29 is 36.8 Å². The fourth-order valence-corrected chi connectivity index (χ4v) is 7.86. The van der Waals surface area contributed by atoms with E-state index in [1.165, 1.54) is 0 Å². The zero-order valence-electron chi connectivity index (χ0n) is 12.3. The third-order valence-electron chi connectivity index (χ3n) is 5.23. The minimum absolute atomic E-state index is 0.0270. The number of hydrogen-bond donors (Lipinski definition) is 4. The van der Waals surface area contributed by atoms with Crippen LogP contribution in [0.1, 0.15) is 0 Å². The van der Waals surface area contributed by atoms with Crippen LogP contribution in [-0.4, -0.2) is 101 Å². The first kappa shape index (κ1) is 16.6. The fourth-order valence-electron chi connectivity index (χ4n) is 4.07. The van der Waals surface area contributed by atoms with Gasteiger partial charge in [-0.15, -0.1) is 0 Å². The van der Waals surface area contributed by atoms with Crippen molar-refractivity contribution >= 4 is 19.7 Å². The van der Waals surface area contributed by atoms with Crippen LogP contribution in [-0.2, 0) is 19.7 Å². The van der Waals surface area contributed by atoms with Crippen LogP contribution in [0.5, 0.6) is 0 Å². The van der Waals surface area contributed by atoms with Crippen molar-refractivity contribution in [3.05, 3.63) is 0 Å². The van der Waals surface area contributed by atoms with E-state index in [1.807, 2.05) is 0 Å². The van der Waals surface area contributed by atoms with E-state index in [4.69, 9.17) is 0 Å². The Bertz CT molecular complexity index is 570. The molecule has 22 heavy (non-hydrogen) atoms. The normalized spacial score (nSPS) is 47.5. The molecule has 10 heteroatoms. The van der Waals surface area contributed by atoms with Crippen LogP contribution in [0, 0.1) is 0 Å². The van der Waals surface area contributed by atoms with E-state index < -0.39 is 31.9 Å². The summed E-state index contributed by atoms with van der Waals surface area (Å²) in [6.07, 6.45) is -1.61. The van der Waals surface area contributed by atoms with Gasteiger partial charge in [-0.25, -0.2) is 16.8 Å². The van der Waals surface area contributed by atoms with Crippen LogP contribution in [0.15, 0.2) is 0 Å². The maximum Gasteiger partial charge on any atom is 0.159 e. The SMILES string of the molecule is O=S1(=O)CC(O)C([NH+]2CC[NH+](C3CS(=O)(=O)CC3O)CC2)C1. The molecule has 0 aliphatic carbocycles. The van der Waals surface area contributed by atoms with E-state index in [9.17, 15) is 27.0 Å². The molecule has 3 aliphatic rings. The first-order valence-corrected chi connectivity index (χ1v) is 11.3. The lowest BCUT2D eigenvalue weighted by atomic mass is 10.1. The van der Waals surface area contributed by atoms with E-state index in [1.54, 1.807) is 0 Å². The Kier molecular flexibility index (Phi) is 4.28. The predicted molar refractivity (Wildman–Crippen MR) is 78.3 cm³/mol. The highest BCUT2D eigenvalue weighted by atomic mass is 32.2. The number of rotatable bonds is 2. The molecular weight excluding hydrogens is 332 g/mol. The van der Waals surface area contributed by atoms with E-state index in [2.05, 4.69) is 0 Å². The zero-order valence-corrected chi connectivity index (χ0v) is 13.9. The molecule has 4 atom stereocenters. The molecular formula is C12H24N2O6S2+2. The first-order chi connectivity index (χ1) is 10.2. The molecule has 0 bridgehead atoms. The summed E-state index contributed by atoms with van der Waals surface area (Å²) in [5.41, 5.74) is 0. The second kappa shape index (κ2) is 5.67. The molecule has 4 unspecified atom stereocenters. The van der Waals surface area contributed by atoms with Crippen LogP contribution in [0.4, 0.5) is 0 Å². The molecule has 8 nitrogen and oxygen atoms in total. The number of quaternary nitrogens is 2. The highest BCUT2D eigenvalue weighted by Crippen LogP contribution is 2.11. The van der Waals surface area contributed by atoms with Gasteiger partial charge < -0.3 is 20.0 Å². The Hall–Kier alpha value is -0.260. The molecule has 0 spiro atoms. The van der Waals surface area contributed by atoms with Crippen LogP contribution in [0.2, 0.25) is 0 Å². The minimum Gasteiger partial charge on any atom is -0.386 e. The van der Waals surface area contributed by atoms with Gasteiger partial charge in [0.15, 0.2) is 19.7 Å². The topological polar surface area (TPSA) is 118 Å². The molecule has 0 aromatic rings. The lowest BCUT2D eigenvalue weighted by Crippen LogP contribution is -3.32. The second-order valence-electron chi connectivity index (χ2n) is 6.82. The van der Waals surface area contributed by atoms with Crippen molar-refractivity contribution in [2.45, 2.75) is 24.3 Å². The molecule has 3 saturated heterocycles. The van der Waals surface area contributed by atoms with E-state index in [-0.39, 0.29) is 35.1 Å². The summed E-state index contributed by atoms with van der Waals surface area (Å²) in [5, 5.41) is 19.9. The molecule has 0 aromatic heterocycles. The number of aliphatic hydroxyl groups excluding tert-OH is 2. The second-order valence-corrected chi connectivity index (χ2v) is 11.1. The summed E-state index contributed by atoms with van der Waals surface area (Å²) in [7, 11) is -6.29. The minimum atomic E-state index is -3.14. The molecule has 0 saturated carbocycles. The van der Waals surface area contributed by atoms with Gasteiger partial charge in [-0.2, -0.15) is 0 Å². The Labute approximate surface area is 130 Å². The first-order valence-electron chi connectivity index (χ1n) is 7.63. The van der Waals surface area contributed by atoms with Crippen LogP contribution in [0.3, 0.4) is 0 Å². The number of sulfone groups is 2. The monoisotopic (exact) mass is 356 g/mol. The molecule has 3 rings (SSSR count). The molecule has 3 heterocycles. The third kappa shape index (κ3) is 3.31. The average molecular weight is 356 g/mol. The Morgan fingerprint density at radius 2 is 0.955 bits per heavy atom. The summed E-state index contributed by atoms with van der Waals surface area (Å²) in [6, 6.07) is -0.549. The summed E-state index contributed by atoms with van der Waals surface area (Å²) >= 11 is 0. The van der Waals surface area contributed by atoms with Gasteiger partial charge in [0.25, 0.3) is 0 Å². The third-order valence-corrected chi connectivity index (χ3v) is 8.66. The van der Waals surface area contributed by atoms with Crippen LogP contribution < -0.4 is 9.80 Å². The maximum atomic E-state index is 11.6. The lowest BCUT2D eigenvalue weighted by molar-refractivity contribution is -1.03. The van der Waals surface area contributed by atoms with Gasteiger partial charge in [-0.05, 0) is 0 Å². The van der Waals surface area contributed by atoms with Gasteiger partial charge in [0.05, 0.1) is 11.5 Å². The summed E-state index contributed by atoms with van der Waals surface area (Å²) in [5.74, 6) is -0.257. The van der Waals surface area contributed by atoms with E-state index in [0.717, 1.165) is 9.80 Å². The van der Waals surface area contributed by atoms with E-state index >= 15 is 0 Å². The summed E-state index contributed by atoms with van der Waals surface area (Å²) in [6.45, 7) is 2.76. The average Bonchev–Trinajstić information content (AvgIpc) is 2.84. The largest absolute Gasteiger partial charge is 0.386 e. The predicted octanol–water partition coefficient (Wildman–Crippen LogP) is -5.91. The molecule has 3 aliphatic heterocycles. The fraction of sp³-hybridized carbons (Fsp3) is 1.00. The zero-order chi connectivity index (χ0) is 16.1. The number of nitrogens with one attached hydrogen (secondary N) is 2. The van der Waals surface area contributed by atoms with Gasteiger partial charge in [-0.3, -0.25) is 0 Å². The lowest BCUT2D eigenvalue weighted by Gasteiger charge is -2.36. The molecule has 0 amide bonds. The van der Waals surface area contributed by atoms with Gasteiger partial charge in [0.2, 0.25) is 0 Å². The van der Waals surface area contributed by atoms with Crippen molar-refractivity contribution in [2.75, 3.05) is 49.2 Å². The van der Waals surface area contributed by atoms with E-state index in [0.29, 0.717) is 26.2 Å². The van der Waals surface area contributed by atoms with Gasteiger partial charge in [-0.1, -0.05) is 0 Å². The molecule has 3 fully saturated rings. The van der Waals surface area contributed by atoms with Gasteiger partial charge >= 0.3 is 0 Å². The quantitative estimate of drug-likeness (QED) is 0.391. The van der Waals surface area contributed by atoms with Gasteiger partial charge in [0.1, 0.15) is 62.0 Å². The Morgan fingerprint density at radius 1 is 0.636 bits per heavy atom. The van der Waals surface area contributed by atoms with Crippen molar-refractivity contribution in [3.8, 4) is 0 Å². The Morgan fingerprint density at radius 3 is 1.18 bits per heavy atom. The van der Waals surface area contributed by atoms with Crippen molar-refractivity contribution in [2.24, 2.45) is 0 Å². The summed E-state index contributed by atoms with van der Waals surface area (Å²) < 4.78 is 46.4. The van der Waals surface area contributed by atoms with Crippen molar-refractivity contribution in [1.29, 1.82) is 0 Å². The smallest absolute Gasteiger partial charge is 0.159 e. The number of piperazine rings is 1. The van der Waals surface area contributed by atoms with Crippen molar-refractivity contribution in [1.82, 2.24) is 0 Å². The maximum absolute atomic E-state index is 11.6. The highest BCUT2D eigenvalue weighted by Gasteiger charge is 2.48. The number of aliphatic hydroxyl groups is 2.